The number of carbonyl (C=O) groups excluding carboxylic acids is 1. The van der Waals surface area contributed by atoms with Crippen LogP contribution in [0.1, 0.15) is 28.4 Å². The van der Waals surface area contributed by atoms with E-state index in [2.05, 4.69) is 17.4 Å². The molecule has 0 aliphatic heterocycles. The monoisotopic (exact) mass is 289 g/mol. The number of aryl methyl sites for hydroxylation is 1. The first-order chi connectivity index (χ1) is 9.16. The standard InChI is InChI=1S/C17H19NO.ClH/c1-13-8-10-16(11-9-13)17(19)14(2)18-12-15-6-4-3-5-7-15;/h3-11,14,18H,12H2,1-2H3;1H/t14-;/m0./s1. The molecule has 3 heteroatoms. The van der Waals surface area contributed by atoms with Crippen LogP contribution in [0.15, 0.2) is 54.6 Å². The van der Waals surface area contributed by atoms with Crippen molar-refractivity contribution in [3.63, 3.8) is 0 Å². The summed E-state index contributed by atoms with van der Waals surface area (Å²) in [6, 6.07) is 17.6. The Morgan fingerprint density at radius 2 is 1.65 bits per heavy atom. The fourth-order valence-electron chi connectivity index (χ4n) is 1.93. The lowest BCUT2D eigenvalue weighted by molar-refractivity contribution is 0.0950. The second-order valence-corrected chi connectivity index (χ2v) is 4.82. The van der Waals surface area contributed by atoms with Crippen LogP contribution >= 0.6 is 12.4 Å². The van der Waals surface area contributed by atoms with E-state index >= 15 is 0 Å². The van der Waals surface area contributed by atoms with Gasteiger partial charge in [0.05, 0.1) is 6.04 Å². The van der Waals surface area contributed by atoms with Crippen LogP contribution in [-0.2, 0) is 6.54 Å². The lowest BCUT2D eigenvalue weighted by Crippen LogP contribution is -2.33. The molecule has 1 atom stereocenters. The largest absolute Gasteiger partial charge is 0.303 e. The number of rotatable bonds is 5. The molecule has 0 radical (unpaired) electrons. The number of nitrogens with one attached hydrogen (secondary N) is 1. The highest BCUT2D eigenvalue weighted by atomic mass is 35.5. The molecule has 0 amide bonds. The molecule has 2 rings (SSSR count). The highest BCUT2D eigenvalue weighted by Crippen LogP contribution is 2.07. The summed E-state index contributed by atoms with van der Waals surface area (Å²) in [7, 11) is 0. The molecule has 0 spiro atoms. The molecule has 106 valence electrons. The summed E-state index contributed by atoms with van der Waals surface area (Å²) < 4.78 is 0. The van der Waals surface area contributed by atoms with Gasteiger partial charge >= 0.3 is 0 Å². The van der Waals surface area contributed by atoms with Crippen molar-refractivity contribution >= 4 is 18.2 Å². The molecular weight excluding hydrogens is 270 g/mol. The molecule has 0 heterocycles. The molecule has 0 bridgehead atoms. The fraction of sp³-hybridized carbons (Fsp3) is 0.235. The van der Waals surface area contributed by atoms with Crippen LogP contribution in [0, 0.1) is 6.92 Å². The first-order valence-electron chi connectivity index (χ1n) is 6.55. The van der Waals surface area contributed by atoms with Crippen molar-refractivity contribution in [1.82, 2.24) is 5.32 Å². The minimum atomic E-state index is -0.178. The van der Waals surface area contributed by atoms with Crippen LogP contribution in [0.25, 0.3) is 0 Å². The molecule has 1 N–H and O–H groups in total. The van der Waals surface area contributed by atoms with Crippen molar-refractivity contribution in [1.29, 1.82) is 0 Å². The second-order valence-electron chi connectivity index (χ2n) is 4.82. The third-order valence-corrected chi connectivity index (χ3v) is 3.18. The van der Waals surface area contributed by atoms with Gasteiger partial charge in [-0.05, 0) is 19.4 Å². The molecule has 2 aromatic rings. The zero-order valence-corrected chi connectivity index (χ0v) is 12.6. The van der Waals surface area contributed by atoms with E-state index in [0.717, 1.165) is 5.56 Å². The van der Waals surface area contributed by atoms with Gasteiger partial charge in [0.2, 0.25) is 0 Å². The predicted molar refractivity (Wildman–Crippen MR) is 85.5 cm³/mol. The summed E-state index contributed by atoms with van der Waals surface area (Å²) in [6.07, 6.45) is 0. The van der Waals surface area contributed by atoms with E-state index in [-0.39, 0.29) is 24.2 Å². The van der Waals surface area contributed by atoms with Gasteiger partial charge in [0.25, 0.3) is 0 Å². The van der Waals surface area contributed by atoms with Crippen LogP contribution in [-0.4, -0.2) is 11.8 Å². The Morgan fingerprint density at radius 1 is 1.05 bits per heavy atom. The maximum atomic E-state index is 12.2. The second kappa shape index (κ2) is 7.83. The molecule has 0 aliphatic carbocycles. The summed E-state index contributed by atoms with van der Waals surface area (Å²) in [4.78, 5) is 12.2. The van der Waals surface area contributed by atoms with Gasteiger partial charge < -0.3 is 5.32 Å². The average molecular weight is 290 g/mol. The van der Waals surface area contributed by atoms with Gasteiger partial charge in [-0.1, -0.05) is 60.2 Å². The summed E-state index contributed by atoms with van der Waals surface area (Å²) in [5.74, 6) is 0.135. The van der Waals surface area contributed by atoms with E-state index in [9.17, 15) is 4.79 Å². The summed E-state index contributed by atoms with van der Waals surface area (Å²) in [5.41, 5.74) is 3.12. The maximum absolute atomic E-state index is 12.2. The quantitative estimate of drug-likeness (QED) is 0.849. The third kappa shape index (κ3) is 4.48. The molecule has 0 saturated heterocycles. The van der Waals surface area contributed by atoms with Crippen LogP contribution in [0.2, 0.25) is 0 Å². The number of ketones is 1. The number of hydrogen-bond donors (Lipinski definition) is 1. The van der Waals surface area contributed by atoms with Gasteiger partial charge in [-0.2, -0.15) is 0 Å². The normalized spacial score (nSPS) is 11.5. The van der Waals surface area contributed by atoms with Gasteiger partial charge in [0.1, 0.15) is 0 Å². The summed E-state index contributed by atoms with van der Waals surface area (Å²) in [6.45, 7) is 4.63. The Bertz CT molecular complexity index is 537. The van der Waals surface area contributed by atoms with E-state index in [1.807, 2.05) is 56.3 Å². The number of Topliss-reactive ketones (excluding diaryl/α,β-unsaturated/α-hetero) is 1. The molecule has 0 saturated carbocycles. The SMILES string of the molecule is Cc1ccc(C(=O)[C@H](C)NCc2ccccc2)cc1.Cl. The summed E-state index contributed by atoms with van der Waals surface area (Å²) >= 11 is 0. The van der Waals surface area contributed by atoms with Crippen molar-refractivity contribution < 1.29 is 4.79 Å². The van der Waals surface area contributed by atoms with E-state index in [1.54, 1.807) is 0 Å². The van der Waals surface area contributed by atoms with Crippen molar-refractivity contribution in [2.45, 2.75) is 26.4 Å². The number of halogens is 1. The molecule has 0 unspecified atom stereocenters. The molecule has 20 heavy (non-hydrogen) atoms. The van der Waals surface area contributed by atoms with Gasteiger partial charge in [-0.15, -0.1) is 12.4 Å². The molecule has 2 nitrogen and oxygen atoms in total. The molecule has 0 aromatic heterocycles. The van der Waals surface area contributed by atoms with Crippen LogP contribution in [0.3, 0.4) is 0 Å². The number of hydrogen-bond acceptors (Lipinski definition) is 2. The molecule has 0 aliphatic rings. The van der Waals surface area contributed by atoms with Crippen molar-refractivity contribution in [3.8, 4) is 0 Å². The third-order valence-electron chi connectivity index (χ3n) is 3.18. The van der Waals surface area contributed by atoms with Crippen molar-refractivity contribution in [2.24, 2.45) is 0 Å². The minimum absolute atomic E-state index is 0. The van der Waals surface area contributed by atoms with Gasteiger partial charge in [0.15, 0.2) is 5.78 Å². The number of carbonyl (C=O) groups is 1. The van der Waals surface area contributed by atoms with Crippen molar-refractivity contribution in [2.75, 3.05) is 0 Å². The highest BCUT2D eigenvalue weighted by Gasteiger charge is 2.14. The lowest BCUT2D eigenvalue weighted by Gasteiger charge is -2.13. The fourth-order valence-corrected chi connectivity index (χ4v) is 1.93. The topological polar surface area (TPSA) is 29.1 Å². The zero-order valence-electron chi connectivity index (χ0n) is 11.8. The van der Waals surface area contributed by atoms with E-state index in [0.29, 0.717) is 6.54 Å². The lowest BCUT2D eigenvalue weighted by atomic mass is 10.0. The number of benzene rings is 2. The van der Waals surface area contributed by atoms with E-state index in [4.69, 9.17) is 0 Å². The van der Waals surface area contributed by atoms with Gasteiger partial charge in [-0.3, -0.25) is 4.79 Å². The zero-order chi connectivity index (χ0) is 13.7. The molecule has 0 fully saturated rings. The van der Waals surface area contributed by atoms with Crippen molar-refractivity contribution in [3.05, 3.63) is 71.3 Å². The Balaban J connectivity index is 0.00000200. The molecular formula is C17H20ClNO. The van der Waals surface area contributed by atoms with Crippen LogP contribution in [0.5, 0.6) is 0 Å². The molecule has 2 aromatic carbocycles. The Labute approximate surface area is 126 Å². The first kappa shape index (κ1) is 16.4. The summed E-state index contributed by atoms with van der Waals surface area (Å²) in [5, 5.41) is 3.26. The highest BCUT2D eigenvalue weighted by molar-refractivity contribution is 5.99. The predicted octanol–water partition coefficient (Wildman–Crippen LogP) is 3.78. The first-order valence-corrected chi connectivity index (χ1v) is 6.55. The Hall–Kier alpha value is -1.64. The maximum Gasteiger partial charge on any atom is 0.179 e. The average Bonchev–Trinajstić information content (AvgIpc) is 2.46. The van der Waals surface area contributed by atoms with E-state index < -0.39 is 0 Å². The van der Waals surface area contributed by atoms with Crippen LogP contribution < -0.4 is 5.32 Å². The van der Waals surface area contributed by atoms with Gasteiger partial charge in [-0.25, -0.2) is 0 Å². The smallest absolute Gasteiger partial charge is 0.179 e. The minimum Gasteiger partial charge on any atom is -0.303 e. The van der Waals surface area contributed by atoms with Gasteiger partial charge in [0, 0.05) is 12.1 Å². The van der Waals surface area contributed by atoms with E-state index in [1.165, 1.54) is 11.1 Å². The Morgan fingerprint density at radius 3 is 2.25 bits per heavy atom. The Kier molecular flexibility index (Phi) is 6.43. The van der Waals surface area contributed by atoms with Crippen LogP contribution in [0.4, 0.5) is 0 Å².